The lowest BCUT2D eigenvalue weighted by molar-refractivity contribution is 0.381. The van der Waals surface area contributed by atoms with Gasteiger partial charge in [-0.1, -0.05) is 27.7 Å². The monoisotopic (exact) mass is 150 g/mol. The summed E-state index contributed by atoms with van der Waals surface area (Å²) in [4.78, 5) is 0. The highest BCUT2D eigenvalue weighted by Gasteiger charge is 2.94. The second-order valence-electron chi connectivity index (χ2n) is 5.82. The molecule has 0 N–H and O–H groups in total. The van der Waals surface area contributed by atoms with Crippen LogP contribution in [0.4, 0.5) is 0 Å². The Hall–Kier alpha value is 0. The summed E-state index contributed by atoms with van der Waals surface area (Å²) in [5.74, 6) is 2.12. The number of hydrogen-bond acceptors (Lipinski definition) is 0. The van der Waals surface area contributed by atoms with Crippen LogP contribution in [0.25, 0.3) is 0 Å². The van der Waals surface area contributed by atoms with Gasteiger partial charge in [0.1, 0.15) is 0 Å². The molecule has 3 aliphatic rings. The molecule has 0 bridgehead atoms. The van der Waals surface area contributed by atoms with Gasteiger partial charge in [0.25, 0.3) is 0 Å². The second kappa shape index (κ2) is 1.20. The highest BCUT2D eigenvalue weighted by Crippen LogP contribution is 2.98. The predicted molar refractivity (Wildman–Crippen MR) is 46.2 cm³/mol. The molecule has 0 aromatic rings. The van der Waals surface area contributed by atoms with E-state index >= 15 is 0 Å². The first-order valence-electron chi connectivity index (χ1n) is 4.99. The minimum atomic E-state index is 0.708. The van der Waals surface area contributed by atoms with Crippen molar-refractivity contribution in [1.82, 2.24) is 0 Å². The maximum absolute atomic E-state index is 2.52. The van der Waals surface area contributed by atoms with Gasteiger partial charge < -0.3 is 0 Å². The van der Waals surface area contributed by atoms with Gasteiger partial charge in [-0.25, -0.2) is 0 Å². The quantitative estimate of drug-likeness (QED) is 0.498. The van der Waals surface area contributed by atoms with Gasteiger partial charge in [-0.2, -0.15) is 0 Å². The molecule has 0 heteroatoms. The van der Waals surface area contributed by atoms with Gasteiger partial charge in [0.15, 0.2) is 0 Å². The molecule has 0 radical (unpaired) electrons. The molecule has 62 valence electrons. The zero-order valence-corrected chi connectivity index (χ0v) is 8.07. The highest BCUT2D eigenvalue weighted by atomic mass is 15.0. The zero-order valence-electron chi connectivity index (χ0n) is 8.07. The normalized spacial score (nSPS) is 68.7. The summed E-state index contributed by atoms with van der Waals surface area (Å²) in [5, 5.41) is 0. The first kappa shape index (κ1) is 6.51. The first-order valence-corrected chi connectivity index (χ1v) is 4.99. The van der Waals surface area contributed by atoms with Crippen molar-refractivity contribution in [2.24, 2.45) is 28.1 Å². The number of hydrogen-bond donors (Lipinski definition) is 0. The van der Waals surface area contributed by atoms with Crippen molar-refractivity contribution in [1.29, 1.82) is 0 Å². The molecule has 0 aliphatic heterocycles. The van der Waals surface area contributed by atoms with Gasteiger partial charge in [-0.15, -0.1) is 0 Å². The van der Waals surface area contributed by atoms with Gasteiger partial charge in [0.2, 0.25) is 0 Å². The lowest BCUT2D eigenvalue weighted by Crippen LogP contribution is -2.03. The Labute approximate surface area is 69.4 Å². The molecule has 0 heterocycles. The summed E-state index contributed by atoms with van der Waals surface area (Å²) in [6.45, 7) is 9.96. The Bertz CT molecular complexity index is 240. The fourth-order valence-corrected chi connectivity index (χ4v) is 5.31. The molecule has 0 nitrogen and oxygen atoms in total. The molecule has 1 spiro atoms. The number of rotatable bonds is 0. The average Bonchev–Trinajstić information content (AvgIpc) is 2.52. The van der Waals surface area contributed by atoms with Crippen LogP contribution in [0.3, 0.4) is 0 Å². The third kappa shape index (κ3) is 0.331. The van der Waals surface area contributed by atoms with Gasteiger partial charge in [0, 0.05) is 0 Å². The maximum atomic E-state index is 2.52. The van der Waals surface area contributed by atoms with E-state index in [0.29, 0.717) is 5.41 Å². The molecule has 0 aromatic carbocycles. The van der Waals surface area contributed by atoms with Gasteiger partial charge in [0.05, 0.1) is 0 Å². The molecular formula is C11H18. The maximum Gasteiger partial charge on any atom is -0.0122 e. The molecule has 4 atom stereocenters. The van der Waals surface area contributed by atoms with Crippen molar-refractivity contribution in [3.63, 3.8) is 0 Å². The molecule has 0 amide bonds. The molecule has 0 saturated heterocycles. The van der Waals surface area contributed by atoms with Gasteiger partial charge in [-0.3, -0.25) is 0 Å². The van der Waals surface area contributed by atoms with Crippen LogP contribution in [0.5, 0.6) is 0 Å². The van der Waals surface area contributed by atoms with Crippen LogP contribution >= 0.6 is 0 Å². The minimum absolute atomic E-state index is 0.708. The van der Waals surface area contributed by atoms with E-state index in [1.807, 2.05) is 0 Å². The topological polar surface area (TPSA) is 0 Å². The smallest absolute Gasteiger partial charge is 0.0122 e. The summed E-state index contributed by atoms with van der Waals surface area (Å²) >= 11 is 0. The standard InChI is InChI=1S/C11H18/c1-7-10(4)6-5-8-9(2,3)11(7,8)10/h7-8H,5-6H2,1-4H3. The Morgan fingerprint density at radius 3 is 2.09 bits per heavy atom. The molecule has 3 aliphatic carbocycles. The van der Waals surface area contributed by atoms with E-state index in [1.165, 1.54) is 12.8 Å². The summed E-state index contributed by atoms with van der Waals surface area (Å²) in [6.07, 6.45) is 3.04. The van der Waals surface area contributed by atoms with Crippen LogP contribution in [-0.2, 0) is 0 Å². The van der Waals surface area contributed by atoms with Gasteiger partial charge >= 0.3 is 0 Å². The van der Waals surface area contributed by atoms with E-state index in [4.69, 9.17) is 0 Å². The average molecular weight is 150 g/mol. The van der Waals surface area contributed by atoms with Crippen LogP contribution in [0.15, 0.2) is 0 Å². The van der Waals surface area contributed by atoms with Crippen molar-refractivity contribution in [3.8, 4) is 0 Å². The van der Waals surface area contributed by atoms with Crippen LogP contribution < -0.4 is 0 Å². The lowest BCUT2D eigenvalue weighted by atomic mass is 9.93. The third-order valence-electron chi connectivity index (χ3n) is 5.86. The lowest BCUT2D eigenvalue weighted by Gasteiger charge is -2.11. The van der Waals surface area contributed by atoms with E-state index in [2.05, 4.69) is 27.7 Å². The van der Waals surface area contributed by atoms with E-state index in [-0.39, 0.29) is 0 Å². The summed E-state index contributed by atoms with van der Waals surface area (Å²) in [7, 11) is 0. The van der Waals surface area contributed by atoms with E-state index in [0.717, 1.165) is 22.7 Å². The van der Waals surface area contributed by atoms with Crippen molar-refractivity contribution in [2.75, 3.05) is 0 Å². The predicted octanol–water partition coefficient (Wildman–Crippen LogP) is 3.08. The van der Waals surface area contributed by atoms with Crippen LogP contribution in [0, 0.1) is 28.1 Å². The van der Waals surface area contributed by atoms with Crippen LogP contribution in [-0.4, -0.2) is 0 Å². The summed E-state index contributed by atoms with van der Waals surface area (Å²) in [5.41, 5.74) is 2.29. The van der Waals surface area contributed by atoms with Crippen molar-refractivity contribution in [2.45, 2.75) is 40.5 Å². The molecular weight excluding hydrogens is 132 g/mol. The van der Waals surface area contributed by atoms with Crippen LogP contribution in [0.2, 0.25) is 0 Å². The summed E-state index contributed by atoms with van der Waals surface area (Å²) < 4.78 is 0. The fourth-order valence-electron chi connectivity index (χ4n) is 5.31. The molecule has 11 heavy (non-hydrogen) atoms. The van der Waals surface area contributed by atoms with Crippen molar-refractivity contribution >= 4 is 0 Å². The van der Waals surface area contributed by atoms with Crippen LogP contribution in [0.1, 0.15) is 40.5 Å². The van der Waals surface area contributed by atoms with E-state index < -0.39 is 0 Å². The molecule has 4 unspecified atom stereocenters. The Balaban J connectivity index is 2.10. The SMILES string of the molecule is CC1C2(C)CCC3C(C)(C)C312. The first-order chi connectivity index (χ1) is 4.99. The zero-order chi connectivity index (χ0) is 8.07. The summed E-state index contributed by atoms with van der Waals surface area (Å²) in [6, 6.07) is 0. The highest BCUT2D eigenvalue weighted by molar-refractivity contribution is 5.41. The molecule has 3 rings (SSSR count). The second-order valence-corrected chi connectivity index (χ2v) is 5.82. The van der Waals surface area contributed by atoms with E-state index in [1.54, 1.807) is 0 Å². The Kier molecular flexibility index (Phi) is 0.709. The molecule has 3 fully saturated rings. The largest absolute Gasteiger partial charge is 0.0614 e. The fraction of sp³-hybridized carbons (Fsp3) is 1.00. The minimum Gasteiger partial charge on any atom is -0.0614 e. The van der Waals surface area contributed by atoms with Crippen molar-refractivity contribution in [3.05, 3.63) is 0 Å². The molecule has 3 saturated carbocycles. The van der Waals surface area contributed by atoms with E-state index in [9.17, 15) is 0 Å². The molecule has 0 aromatic heterocycles. The Morgan fingerprint density at radius 2 is 1.82 bits per heavy atom. The third-order valence-corrected chi connectivity index (χ3v) is 5.86. The Morgan fingerprint density at radius 1 is 1.18 bits per heavy atom. The van der Waals surface area contributed by atoms with Gasteiger partial charge in [-0.05, 0) is 40.9 Å². The van der Waals surface area contributed by atoms with Crippen molar-refractivity contribution < 1.29 is 0 Å².